The first-order valence-corrected chi connectivity index (χ1v) is 13.3. The molecule has 2 fully saturated rings. The molecule has 0 saturated heterocycles. The molecule has 1 atom stereocenters. The lowest BCUT2D eigenvalue weighted by Crippen LogP contribution is -2.39. The number of anilines is 2. The molecule has 0 aliphatic heterocycles. The van der Waals surface area contributed by atoms with Gasteiger partial charge in [0.15, 0.2) is 5.82 Å². The topological polar surface area (TPSA) is 75.6 Å². The number of halogens is 5. The summed E-state index contributed by atoms with van der Waals surface area (Å²) < 4.78 is 66.5. The van der Waals surface area contributed by atoms with Gasteiger partial charge in [0.1, 0.15) is 23.0 Å². The van der Waals surface area contributed by atoms with E-state index in [1.54, 1.807) is 18.2 Å². The molecule has 2 saturated carbocycles. The fourth-order valence-electron chi connectivity index (χ4n) is 5.53. The minimum atomic E-state index is -4.60. The lowest BCUT2D eigenvalue weighted by molar-refractivity contribution is -0.141. The number of hydrogen-bond donors (Lipinski definition) is 2. The predicted octanol–water partition coefficient (Wildman–Crippen LogP) is 7.07. The lowest BCUT2D eigenvalue weighted by atomic mass is 9.70. The van der Waals surface area contributed by atoms with Gasteiger partial charge in [-0.15, -0.1) is 0 Å². The molecule has 1 unspecified atom stereocenters. The Labute approximate surface area is 227 Å². The van der Waals surface area contributed by atoms with Gasteiger partial charge in [0, 0.05) is 12.1 Å². The van der Waals surface area contributed by atoms with E-state index in [1.807, 2.05) is 6.08 Å². The fourth-order valence-corrected chi connectivity index (χ4v) is 5.53. The molecule has 2 N–H and O–H groups in total. The van der Waals surface area contributed by atoms with E-state index in [0.717, 1.165) is 37.3 Å². The summed E-state index contributed by atoms with van der Waals surface area (Å²) in [5.41, 5.74) is 0.0223. The molecule has 40 heavy (non-hydrogen) atoms. The number of hydrogen-bond acceptors (Lipinski definition) is 6. The summed E-state index contributed by atoms with van der Waals surface area (Å²) >= 11 is 0. The molecule has 0 radical (unpaired) electrons. The summed E-state index contributed by atoms with van der Waals surface area (Å²) in [6, 6.07) is 10.2. The molecule has 6 nitrogen and oxygen atoms in total. The van der Waals surface area contributed by atoms with Crippen LogP contribution in [0.2, 0.25) is 0 Å². The maximum Gasteiger partial charge on any atom is 0.433 e. The molecular weight excluding hydrogens is 527 g/mol. The summed E-state index contributed by atoms with van der Waals surface area (Å²) in [7, 11) is 0. The second-order valence-corrected chi connectivity index (χ2v) is 10.7. The van der Waals surface area contributed by atoms with Crippen LogP contribution in [-0.4, -0.2) is 32.0 Å². The molecule has 6 rings (SSSR count). The zero-order valence-electron chi connectivity index (χ0n) is 21.4. The summed E-state index contributed by atoms with van der Waals surface area (Å²) in [5.74, 6) is 1.01. The second kappa shape index (κ2) is 10.6. The number of benzene rings is 1. The fraction of sp³-hybridized carbons (Fsp3) is 0.379. The van der Waals surface area contributed by atoms with Crippen LogP contribution in [0.15, 0.2) is 66.5 Å². The average Bonchev–Trinajstić information content (AvgIpc) is 2.89. The van der Waals surface area contributed by atoms with Crippen LogP contribution in [0.4, 0.5) is 33.8 Å². The van der Waals surface area contributed by atoms with Crippen LogP contribution in [0.1, 0.15) is 49.3 Å². The first-order valence-electron chi connectivity index (χ1n) is 13.3. The summed E-state index contributed by atoms with van der Waals surface area (Å²) in [4.78, 5) is 17.1. The summed E-state index contributed by atoms with van der Waals surface area (Å²) in [6.07, 6.45) is 4.35. The van der Waals surface area contributed by atoms with Crippen LogP contribution in [0, 0.1) is 17.7 Å². The maximum atomic E-state index is 13.3. The van der Waals surface area contributed by atoms with Crippen LogP contribution in [0.25, 0.3) is 11.5 Å². The van der Waals surface area contributed by atoms with Crippen molar-refractivity contribution in [3.8, 4) is 11.5 Å². The molecule has 208 valence electrons. The lowest BCUT2D eigenvalue weighted by Gasteiger charge is -2.40. The highest BCUT2D eigenvalue weighted by Crippen LogP contribution is 2.40. The van der Waals surface area contributed by atoms with E-state index in [2.05, 4.69) is 30.6 Å². The second-order valence-electron chi connectivity index (χ2n) is 10.7. The van der Waals surface area contributed by atoms with Gasteiger partial charge in [0.05, 0.1) is 0 Å². The van der Waals surface area contributed by atoms with E-state index in [1.165, 1.54) is 30.3 Å². The Hall–Kier alpha value is -3.89. The Morgan fingerprint density at radius 1 is 0.775 bits per heavy atom. The van der Waals surface area contributed by atoms with E-state index < -0.39 is 11.9 Å². The Morgan fingerprint density at radius 2 is 1.45 bits per heavy atom. The minimum absolute atomic E-state index is 0.00577. The molecule has 2 heterocycles. The standard InChI is InChI=1S/C29H27F5N6/c30-20-8-4-16(5-9-20)18-12-22(13-18)35-27-38-26(24-2-1-3-25(37-24)29(32,33)34)39-28(40-27)36-23-14-19(15-23)17-6-10-21(31)11-7-17/h1-6,8-11,17-19,22-23H,7,12-15H2,(H2,35,36,38,39,40). The van der Waals surface area contributed by atoms with Crippen LogP contribution in [0.5, 0.6) is 0 Å². The van der Waals surface area contributed by atoms with Crippen LogP contribution < -0.4 is 10.6 Å². The van der Waals surface area contributed by atoms with Gasteiger partial charge in [-0.05, 0) is 91.8 Å². The molecule has 0 spiro atoms. The number of alkyl halides is 3. The number of aromatic nitrogens is 4. The van der Waals surface area contributed by atoms with Gasteiger partial charge >= 0.3 is 6.18 Å². The Balaban J connectivity index is 1.17. The van der Waals surface area contributed by atoms with Crippen molar-refractivity contribution in [1.29, 1.82) is 0 Å². The molecule has 0 amide bonds. The molecule has 1 aromatic carbocycles. The molecule has 2 aromatic heterocycles. The van der Waals surface area contributed by atoms with Gasteiger partial charge < -0.3 is 10.6 Å². The third-order valence-electron chi connectivity index (χ3n) is 7.92. The third-order valence-corrected chi connectivity index (χ3v) is 7.92. The number of nitrogens with one attached hydrogen (secondary N) is 2. The SMILES string of the molecule is FC1=CCC(C2CC(Nc3nc(NC4CC(c5ccc(F)cc5)C4)nc(-c4cccc(C(F)(F)F)n4)n3)C2)C=C1. The van der Waals surface area contributed by atoms with Crippen molar-refractivity contribution in [2.75, 3.05) is 10.6 Å². The maximum absolute atomic E-state index is 13.3. The van der Waals surface area contributed by atoms with Crippen molar-refractivity contribution in [3.63, 3.8) is 0 Å². The molecule has 3 aromatic rings. The van der Waals surface area contributed by atoms with E-state index in [9.17, 15) is 22.0 Å². The molecule has 0 bridgehead atoms. The van der Waals surface area contributed by atoms with Gasteiger partial charge in [0.25, 0.3) is 0 Å². The van der Waals surface area contributed by atoms with Gasteiger partial charge in [-0.2, -0.15) is 28.1 Å². The van der Waals surface area contributed by atoms with Crippen molar-refractivity contribution >= 4 is 11.9 Å². The van der Waals surface area contributed by atoms with Crippen LogP contribution in [-0.2, 0) is 6.18 Å². The normalized spacial score (nSPS) is 25.9. The highest BCUT2D eigenvalue weighted by Gasteiger charge is 2.36. The Bertz CT molecular complexity index is 1430. The number of pyridine rings is 1. The van der Waals surface area contributed by atoms with Gasteiger partial charge in [-0.25, -0.2) is 13.8 Å². The summed E-state index contributed by atoms with van der Waals surface area (Å²) in [5, 5.41) is 6.58. The van der Waals surface area contributed by atoms with Crippen molar-refractivity contribution in [3.05, 3.63) is 83.6 Å². The molecule has 11 heteroatoms. The van der Waals surface area contributed by atoms with Gasteiger partial charge in [-0.1, -0.05) is 24.3 Å². The van der Waals surface area contributed by atoms with Crippen molar-refractivity contribution in [1.82, 2.24) is 19.9 Å². The van der Waals surface area contributed by atoms with E-state index in [0.29, 0.717) is 12.3 Å². The minimum Gasteiger partial charge on any atom is -0.351 e. The molecular formula is C29H27F5N6. The van der Waals surface area contributed by atoms with Crippen LogP contribution >= 0.6 is 0 Å². The third kappa shape index (κ3) is 5.83. The smallest absolute Gasteiger partial charge is 0.351 e. The first-order chi connectivity index (χ1) is 19.2. The molecule has 3 aliphatic rings. The highest BCUT2D eigenvalue weighted by molar-refractivity contribution is 5.54. The highest BCUT2D eigenvalue weighted by atomic mass is 19.4. The van der Waals surface area contributed by atoms with Gasteiger partial charge in [0.2, 0.25) is 11.9 Å². The van der Waals surface area contributed by atoms with Crippen molar-refractivity contribution in [2.45, 2.75) is 56.3 Å². The number of nitrogens with zero attached hydrogens (tertiary/aromatic N) is 4. The predicted molar refractivity (Wildman–Crippen MR) is 140 cm³/mol. The zero-order valence-corrected chi connectivity index (χ0v) is 21.4. The molecule has 3 aliphatic carbocycles. The van der Waals surface area contributed by atoms with E-state index in [4.69, 9.17) is 0 Å². The van der Waals surface area contributed by atoms with E-state index in [-0.39, 0.29) is 59.0 Å². The number of allylic oxidation sites excluding steroid dienone is 4. The van der Waals surface area contributed by atoms with Crippen molar-refractivity contribution in [2.24, 2.45) is 11.8 Å². The monoisotopic (exact) mass is 554 g/mol. The zero-order chi connectivity index (χ0) is 27.9. The Kier molecular flexibility index (Phi) is 6.97. The van der Waals surface area contributed by atoms with Crippen LogP contribution in [0.3, 0.4) is 0 Å². The average molecular weight is 555 g/mol. The quantitative estimate of drug-likeness (QED) is 0.304. The Morgan fingerprint density at radius 3 is 2.08 bits per heavy atom. The largest absolute Gasteiger partial charge is 0.433 e. The first kappa shape index (κ1) is 26.3. The summed E-state index contributed by atoms with van der Waals surface area (Å²) in [6.45, 7) is 0. The van der Waals surface area contributed by atoms with Gasteiger partial charge in [-0.3, -0.25) is 0 Å². The van der Waals surface area contributed by atoms with Crippen molar-refractivity contribution < 1.29 is 22.0 Å². The van der Waals surface area contributed by atoms with E-state index >= 15 is 0 Å². The number of rotatable bonds is 7.